The normalized spacial score (nSPS) is 10.2. The maximum absolute atomic E-state index is 11.7. The molecule has 2 aromatic rings. The van der Waals surface area contributed by atoms with Crippen molar-refractivity contribution in [3.8, 4) is 0 Å². The van der Waals surface area contributed by atoms with E-state index in [9.17, 15) is 4.79 Å². The fraction of sp³-hybridized carbons (Fsp3) is 0.200. The second-order valence-electron chi connectivity index (χ2n) is 4.34. The van der Waals surface area contributed by atoms with Gasteiger partial charge in [-0.1, -0.05) is 22.0 Å². The van der Waals surface area contributed by atoms with Crippen LogP contribution < -0.4 is 10.6 Å². The van der Waals surface area contributed by atoms with Crippen LogP contribution in [0, 0.1) is 0 Å². The lowest BCUT2D eigenvalue weighted by atomic mass is 10.3. The number of carbonyl (C=O) groups excluding carboxylic acids is 1. The molecule has 0 radical (unpaired) electrons. The third kappa shape index (κ3) is 5.11. The molecule has 4 nitrogen and oxygen atoms in total. The Labute approximate surface area is 126 Å². The summed E-state index contributed by atoms with van der Waals surface area (Å²) in [6, 6.07) is 11.4. The molecule has 0 aliphatic heterocycles. The van der Waals surface area contributed by atoms with E-state index in [1.54, 1.807) is 6.20 Å². The SMILES string of the molecule is O=C(CCNCc1cccnc1)Nc1ccc(Br)cc1. The molecule has 2 N–H and O–H groups in total. The van der Waals surface area contributed by atoms with Gasteiger partial charge in [-0.3, -0.25) is 9.78 Å². The van der Waals surface area contributed by atoms with Crippen LogP contribution in [0.25, 0.3) is 0 Å². The predicted octanol–water partition coefficient (Wildman–Crippen LogP) is 2.96. The summed E-state index contributed by atoms with van der Waals surface area (Å²) in [5, 5.41) is 6.07. The van der Waals surface area contributed by atoms with Gasteiger partial charge in [0.15, 0.2) is 0 Å². The molecule has 0 saturated carbocycles. The minimum Gasteiger partial charge on any atom is -0.326 e. The fourth-order valence-corrected chi connectivity index (χ4v) is 1.96. The Morgan fingerprint density at radius 3 is 2.70 bits per heavy atom. The van der Waals surface area contributed by atoms with E-state index in [0.717, 1.165) is 22.3 Å². The Kier molecular flexibility index (Phi) is 5.70. The zero-order chi connectivity index (χ0) is 14.2. The molecule has 104 valence electrons. The summed E-state index contributed by atoms with van der Waals surface area (Å²) in [7, 11) is 0. The third-order valence-electron chi connectivity index (χ3n) is 2.71. The van der Waals surface area contributed by atoms with Crippen molar-refractivity contribution in [2.24, 2.45) is 0 Å². The summed E-state index contributed by atoms with van der Waals surface area (Å²) in [4.78, 5) is 15.8. The van der Waals surface area contributed by atoms with Gasteiger partial charge < -0.3 is 10.6 Å². The molecule has 5 heteroatoms. The number of halogens is 1. The Bertz CT molecular complexity index is 543. The highest BCUT2D eigenvalue weighted by Crippen LogP contribution is 2.14. The van der Waals surface area contributed by atoms with Gasteiger partial charge in [-0.05, 0) is 35.9 Å². The number of nitrogens with zero attached hydrogens (tertiary/aromatic N) is 1. The average molecular weight is 334 g/mol. The van der Waals surface area contributed by atoms with Crippen LogP contribution in [0.3, 0.4) is 0 Å². The number of anilines is 1. The van der Waals surface area contributed by atoms with E-state index >= 15 is 0 Å². The monoisotopic (exact) mass is 333 g/mol. The molecular formula is C15H16BrN3O. The summed E-state index contributed by atoms with van der Waals surface area (Å²) in [5.41, 5.74) is 1.92. The molecular weight excluding hydrogens is 318 g/mol. The lowest BCUT2D eigenvalue weighted by molar-refractivity contribution is -0.116. The van der Waals surface area contributed by atoms with Crippen molar-refractivity contribution in [2.45, 2.75) is 13.0 Å². The number of carbonyl (C=O) groups is 1. The number of pyridine rings is 1. The zero-order valence-corrected chi connectivity index (χ0v) is 12.6. The molecule has 20 heavy (non-hydrogen) atoms. The number of hydrogen-bond acceptors (Lipinski definition) is 3. The summed E-state index contributed by atoms with van der Waals surface area (Å²) in [6.07, 6.45) is 4.00. The largest absolute Gasteiger partial charge is 0.326 e. The summed E-state index contributed by atoms with van der Waals surface area (Å²) >= 11 is 3.36. The van der Waals surface area contributed by atoms with Gasteiger partial charge in [0.1, 0.15) is 0 Å². The van der Waals surface area contributed by atoms with Gasteiger partial charge >= 0.3 is 0 Å². The molecule has 0 bridgehead atoms. The molecule has 0 fully saturated rings. The van der Waals surface area contributed by atoms with Crippen molar-refractivity contribution in [3.05, 3.63) is 58.8 Å². The molecule has 1 amide bonds. The molecule has 0 atom stereocenters. The van der Waals surface area contributed by atoms with Gasteiger partial charge in [0.2, 0.25) is 5.91 Å². The molecule has 2 rings (SSSR count). The van der Waals surface area contributed by atoms with Gasteiger partial charge in [0.05, 0.1) is 0 Å². The van der Waals surface area contributed by atoms with Crippen LogP contribution in [0.1, 0.15) is 12.0 Å². The molecule has 0 aliphatic rings. The van der Waals surface area contributed by atoms with E-state index in [1.807, 2.05) is 42.6 Å². The van der Waals surface area contributed by atoms with Crippen LogP contribution in [0.5, 0.6) is 0 Å². The van der Waals surface area contributed by atoms with Crippen LogP contribution >= 0.6 is 15.9 Å². The van der Waals surface area contributed by atoms with Crippen LogP contribution in [0.2, 0.25) is 0 Å². The third-order valence-corrected chi connectivity index (χ3v) is 3.24. The fourth-order valence-electron chi connectivity index (χ4n) is 1.69. The minimum absolute atomic E-state index is 0.00556. The van der Waals surface area contributed by atoms with Crippen LogP contribution in [-0.4, -0.2) is 17.4 Å². The first-order valence-corrected chi connectivity index (χ1v) is 7.18. The van der Waals surface area contributed by atoms with E-state index in [0.29, 0.717) is 13.0 Å². The predicted molar refractivity (Wildman–Crippen MR) is 83.3 cm³/mol. The van der Waals surface area contributed by atoms with Gasteiger partial charge in [-0.25, -0.2) is 0 Å². The highest BCUT2D eigenvalue weighted by Gasteiger charge is 2.02. The van der Waals surface area contributed by atoms with Gasteiger partial charge in [0, 0.05) is 42.1 Å². The molecule has 1 aromatic heterocycles. The maximum Gasteiger partial charge on any atom is 0.225 e. The van der Waals surface area contributed by atoms with Crippen LogP contribution in [-0.2, 0) is 11.3 Å². The first kappa shape index (κ1) is 14.7. The van der Waals surface area contributed by atoms with Crippen LogP contribution in [0.4, 0.5) is 5.69 Å². The number of nitrogens with one attached hydrogen (secondary N) is 2. The van der Waals surface area contributed by atoms with Crippen LogP contribution in [0.15, 0.2) is 53.3 Å². The number of amides is 1. The van der Waals surface area contributed by atoms with E-state index in [-0.39, 0.29) is 5.91 Å². The highest BCUT2D eigenvalue weighted by molar-refractivity contribution is 9.10. The lowest BCUT2D eigenvalue weighted by Gasteiger charge is -2.06. The minimum atomic E-state index is 0.00556. The maximum atomic E-state index is 11.7. The Hall–Kier alpha value is -1.72. The molecule has 1 heterocycles. The number of hydrogen-bond donors (Lipinski definition) is 2. The Morgan fingerprint density at radius 1 is 1.20 bits per heavy atom. The molecule has 0 aliphatic carbocycles. The van der Waals surface area contributed by atoms with Gasteiger partial charge in [0.25, 0.3) is 0 Å². The number of benzene rings is 1. The van der Waals surface area contributed by atoms with E-state index in [2.05, 4.69) is 31.5 Å². The Morgan fingerprint density at radius 2 is 2.00 bits per heavy atom. The smallest absolute Gasteiger partial charge is 0.225 e. The molecule has 0 saturated heterocycles. The molecule has 0 unspecified atom stereocenters. The first-order valence-electron chi connectivity index (χ1n) is 6.39. The quantitative estimate of drug-likeness (QED) is 0.799. The Balaban J connectivity index is 1.66. The van der Waals surface area contributed by atoms with Gasteiger partial charge in [-0.2, -0.15) is 0 Å². The van der Waals surface area contributed by atoms with Crippen molar-refractivity contribution in [1.29, 1.82) is 0 Å². The topological polar surface area (TPSA) is 54.0 Å². The second-order valence-corrected chi connectivity index (χ2v) is 5.26. The van der Waals surface area contributed by atoms with E-state index < -0.39 is 0 Å². The lowest BCUT2D eigenvalue weighted by Crippen LogP contribution is -2.21. The second kappa shape index (κ2) is 7.77. The van der Waals surface area contributed by atoms with E-state index in [1.165, 1.54) is 0 Å². The molecule has 0 spiro atoms. The average Bonchev–Trinajstić information content (AvgIpc) is 2.47. The van der Waals surface area contributed by atoms with Crippen molar-refractivity contribution in [2.75, 3.05) is 11.9 Å². The van der Waals surface area contributed by atoms with E-state index in [4.69, 9.17) is 0 Å². The summed E-state index contributed by atoms with van der Waals surface area (Å²) in [5.74, 6) is 0.00556. The first-order chi connectivity index (χ1) is 9.74. The number of rotatable bonds is 6. The zero-order valence-electron chi connectivity index (χ0n) is 11.0. The van der Waals surface area contributed by atoms with Gasteiger partial charge in [-0.15, -0.1) is 0 Å². The highest BCUT2D eigenvalue weighted by atomic mass is 79.9. The van der Waals surface area contributed by atoms with Crippen molar-refractivity contribution >= 4 is 27.5 Å². The molecule has 1 aromatic carbocycles. The summed E-state index contributed by atoms with van der Waals surface area (Å²) < 4.78 is 0.994. The van der Waals surface area contributed by atoms with Crippen molar-refractivity contribution < 1.29 is 4.79 Å². The summed E-state index contributed by atoms with van der Waals surface area (Å²) in [6.45, 7) is 1.36. The van der Waals surface area contributed by atoms with Crippen molar-refractivity contribution in [3.63, 3.8) is 0 Å². The standard InChI is InChI=1S/C15H16BrN3O/c16-13-3-5-14(6-4-13)19-15(20)7-9-18-11-12-2-1-8-17-10-12/h1-6,8,10,18H,7,9,11H2,(H,19,20). The number of aromatic nitrogens is 1. The van der Waals surface area contributed by atoms with Crippen molar-refractivity contribution in [1.82, 2.24) is 10.3 Å².